The van der Waals surface area contributed by atoms with Gasteiger partial charge in [-0.15, -0.1) is 0 Å². The highest BCUT2D eigenvalue weighted by atomic mass is 15.1. The zero-order chi connectivity index (χ0) is 40.7. The van der Waals surface area contributed by atoms with Crippen LogP contribution in [0.1, 0.15) is 38.5 Å². The van der Waals surface area contributed by atoms with E-state index in [1.54, 1.807) is 0 Å². The Balaban J connectivity index is 1.23. The summed E-state index contributed by atoms with van der Waals surface area (Å²) in [5, 5.41) is 20.9. The van der Waals surface area contributed by atoms with Gasteiger partial charge in [-0.3, -0.25) is 0 Å². The minimum Gasteiger partial charge on any atom is -0.372 e. The van der Waals surface area contributed by atoms with Crippen LogP contribution in [-0.4, -0.2) is 26.2 Å². The molecular weight excluding hydrogens is 749 g/mol. The summed E-state index contributed by atoms with van der Waals surface area (Å²) in [7, 11) is 0. The minimum absolute atomic E-state index is 1.10. The molecule has 62 heavy (non-hydrogen) atoms. The van der Waals surface area contributed by atoms with E-state index in [2.05, 4.69) is 180 Å². The van der Waals surface area contributed by atoms with Gasteiger partial charge in [-0.2, -0.15) is 0 Å². The van der Waals surface area contributed by atoms with Crippen molar-refractivity contribution < 1.29 is 0 Å². The molecule has 2 saturated heterocycles. The molecule has 11 aromatic rings. The Morgan fingerprint density at radius 3 is 1.03 bits per heavy atom. The maximum atomic E-state index is 2.64. The Labute approximate surface area is 362 Å². The molecule has 13 rings (SSSR count). The lowest BCUT2D eigenvalue weighted by Gasteiger charge is -2.31. The molecule has 0 aliphatic carbocycles. The van der Waals surface area contributed by atoms with Gasteiger partial charge in [0.25, 0.3) is 0 Å². The van der Waals surface area contributed by atoms with Gasteiger partial charge in [-0.25, -0.2) is 0 Å². The molecule has 2 aliphatic heterocycles. The quantitative estimate of drug-likeness (QED) is 0.129. The first-order valence-corrected chi connectivity index (χ1v) is 23.0. The maximum absolute atomic E-state index is 2.64. The number of anilines is 2. The molecule has 2 aliphatic rings. The predicted molar refractivity (Wildman–Crippen MR) is 269 cm³/mol. The fraction of sp³-hybridized carbons (Fsp3) is 0.167. The molecule has 0 bridgehead atoms. The van der Waals surface area contributed by atoms with Crippen LogP contribution in [0.3, 0.4) is 0 Å². The normalized spacial score (nSPS) is 15.0. The molecule has 0 spiro atoms. The zero-order valence-electron chi connectivity index (χ0n) is 35.1. The highest BCUT2D eigenvalue weighted by Gasteiger charge is 2.24. The van der Waals surface area contributed by atoms with Crippen molar-refractivity contribution in [3.8, 4) is 22.3 Å². The van der Waals surface area contributed by atoms with Crippen molar-refractivity contribution >= 4 is 97.6 Å². The van der Waals surface area contributed by atoms with Gasteiger partial charge < -0.3 is 9.80 Å². The van der Waals surface area contributed by atoms with Crippen LogP contribution in [0.15, 0.2) is 170 Å². The molecule has 2 heterocycles. The van der Waals surface area contributed by atoms with Crippen molar-refractivity contribution in [2.75, 3.05) is 36.0 Å². The summed E-state index contributed by atoms with van der Waals surface area (Å²) in [6, 6.07) is 65.5. The summed E-state index contributed by atoms with van der Waals surface area (Å²) >= 11 is 0. The van der Waals surface area contributed by atoms with Gasteiger partial charge >= 0.3 is 0 Å². The van der Waals surface area contributed by atoms with E-state index in [9.17, 15) is 0 Å². The molecular formula is C60H48N2. The van der Waals surface area contributed by atoms with Crippen molar-refractivity contribution in [3.63, 3.8) is 0 Å². The van der Waals surface area contributed by atoms with E-state index in [4.69, 9.17) is 0 Å². The van der Waals surface area contributed by atoms with Gasteiger partial charge in [0, 0.05) is 37.6 Å². The highest BCUT2D eigenvalue weighted by molar-refractivity contribution is 6.31. The number of rotatable bonds is 4. The average molecular weight is 797 g/mol. The first-order valence-electron chi connectivity index (χ1n) is 23.0. The second-order valence-electron chi connectivity index (χ2n) is 18.0. The van der Waals surface area contributed by atoms with Gasteiger partial charge in [-0.05, 0) is 183 Å². The predicted octanol–water partition coefficient (Wildman–Crippen LogP) is 16.2. The van der Waals surface area contributed by atoms with Crippen LogP contribution >= 0.6 is 0 Å². The molecule has 0 radical (unpaired) electrons. The van der Waals surface area contributed by atoms with Crippen LogP contribution in [0.2, 0.25) is 0 Å². The summed E-state index contributed by atoms with van der Waals surface area (Å²) in [6.07, 6.45) is 7.59. The molecule has 0 atom stereocenters. The maximum Gasteiger partial charge on any atom is 0.0372 e. The third-order valence-corrected chi connectivity index (χ3v) is 14.6. The number of hydrogen-bond donors (Lipinski definition) is 0. The van der Waals surface area contributed by atoms with E-state index in [0.29, 0.717) is 0 Å². The van der Waals surface area contributed by atoms with E-state index in [1.807, 2.05) is 0 Å². The summed E-state index contributed by atoms with van der Waals surface area (Å²) in [5.41, 5.74) is 7.95. The Bertz CT molecular complexity index is 3360. The van der Waals surface area contributed by atoms with Gasteiger partial charge in [-0.1, -0.05) is 133 Å². The van der Waals surface area contributed by atoms with Crippen LogP contribution in [0.25, 0.3) is 108 Å². The van der Waals surface area contributed by atoms with Gasteiger partial charge in [0.2, 0.25) is 0 Å². The van der Waals surface area contributed by atoms with Crippen molar-refractivity contribution in [2.45, 2.75) is 38.5 Å². The molecule has 0 N–H and O–H groups in total. The third-order valence-electron chi connectivity index (χ3n) is 14.6. The minimum atomic E-state index is 1.10. The average Bonchev–Trinajstić information content (AvgIpc) is 3.35. The van der Waals surface area contributed by atoms with Crippen LogP contribution < -0.4 is 9.80 Å². The van der Waals surface area contributed by atoms with E-state index in [-0.39, 0.29) is 0 Å². The zero-order valence-corrected chi connectivity index (χ0v) is 35.1. The first-order chi connectivity index (χ1) is 30.8. The monoisotopic (exact) mass is 796 g/mol. The van der Waals surface area contributed by atoms with Crippen LogP contribution in [0.4, 0.5) is 11.4 Å². The fourth-order valence-corrected chi connectivity index (χ4v) is 11.6. The fourth-order valence-electron chi connectivity index (χ4n) is 11.6. The largest absolute Gasteiger partial charge is 0.372 e. The Kier molecular flexibility index (Phi) is 8.29. The second-order valence-corrected chi connectivity index (χ2v) is 18.0. The topological polar surface area (TPSA) is 6.48 Å². The molecule has 0 aromatic heterocycles. The summed E-state index contributed by atoms with van der Waals surface area (Å²) < 4.78 is 0. The standard InChI is InChI=1S/C60H48N2/c1-11-31-61(32-12-1)41-25-29-51-55(35-41)59(57-37-53-43-17-5-3-15-39(43)23-27-49(53)45-19-7-9-21-47(45)57)52-30-26-42(62-33-13-2-14-34-62)36-56(52)60(51)58-38-54-44-18-6-4-16-40(44)24-28-50(54)46-20-8-10-22-48(46)58/h3-10,15-30,35-38H,1-2,11-14,31-34H2. The van der Waals surface area contributed by atoms with Crippen molar-refractivity contribution in [3.05, 3.63) is 170 Å². The number of nitrogens with zero attached hydrogens (tertiary/aromatic N) is 2. The lowest BCUT2D eigenvalue weighted by Crippen LogP contribution is -2.29. The van der Waals surface area contributed by atoms with Gasteiger partial charge in [0.05, 0.1) is 0 Å². The van der Waals surface area contributed by atoms with Gasteiger partial charge in [0.1, 0.15) is 0 Å². The summed E-state index contributed by atoms with van der Waals surface area (Å²) in [6.45, 7) is 4.42. The molecule has 0 unspecified atom stereocenters. The number of fused-ring (bicyclic) bond motifs is 12. The van der Waals surface area contributed by atoms with E-state index < -0.39 is 0 Å². The lowest BCUT2D eigenvalue weighted by atomic mass is 9.81. The summed E-state index contributed by atoms with van der Waals surface area (Å²) in [4.78, 5) is 5.28. The Morgan fingerprint density at radius 2 is 0.597 bits per heavy atom. The van der Waals surface area contributed by atoms with Crippen LogP contribution in [0, 0.1) is 0 Å². The molecule has 2 heteroatoms. The van der Waals surface area contributed by atoms with Gasteiger partial charge in [0.15, 0.2) is 0 Å². The van der Waals surface area contributed by atoms with Crippen molar-refractivity contribution in [1.82, 2.24) is 0 Å². The summed E-state index contributed by atoms with van der Waals surface area (Å²) in [5.74, 6) is 0. The first kappa shape index (κ1) is 35.8. The SMILES string of the molecule is c1ccc2c(c1)ccc1c3ccccc3c(-c3c4ccc(N5CCCCC5)cc4c(-c4cc5c6ccccc6ccc5c5ccccc45)c4ccc(N5CCCCC5)cc34)cc21. The molecule has 298 valence electrons. The third kappa shape index (κ3) is 5.55. The molecule has 0 amide bonds. The van der Waals surface area contributed by atoms with Crippen molar-refractivity contribution in [2.24, 2.45) is 0 Å². The number of hydrogen-bond acceptors (Lipinski definition) is 2. The number of benzene rings is 11. The Hall–Kier alpha value is -6.90. The molecule has 11 aromatic carbocycles. The second kappa shape index (κ2) is 14.4. The van der Waals surface area contributed by atoms with Crippen LogP contribution in [0.5, 0.6) is 0 Å². The Morgan fingerprint density at radius 1 is 0.242 bits per heavy atom. The van der Waals surface area contributed by atoms with E-state index >= 15 is 0 Å². The van der Waals surface area contributed by atoms with Crippen molar-refractivity contribution in [1.29, 1.82) is 0 Å². The molecule has 2 fully saturated rings. The van der Waals surface area contributed by atoms with Crippen LogP contribution in [-0.2, 0) is 0 Å². The lowest BCUT2D eigenvalue weighted by molar-refractivity contribution is 0.578. The van der Waals surface area contributed by atoms with E-state index in [1.165, 1.54) is 158 Å². The molecule has 0 saturated carbocycles. The number of piperidine rings is 2. The highest BCUT2D eigenvalue weighted by Crippen LogP contribution is 2.51. The van der Waals surface area contributed by atoms with E-state index in [0.717, 1.165) is 26.2 Å². The molecule has 2 nitrogen and oxygen atoms in total. The smallest absolute Gasteiger partial charge is 0.0372 e.